The molecular formula is C15H14ClNO2S. The van der Waals surface area contributed by atoms with Crippen LogP contribution in [0.4, 0.5) is 5.69 Å². The summed E-state index contributed by atoms with van der Waals surface area (Å²) in [4.78, 5) is 2.02. The van der Waals surface area contributed by atoms with Gasteiger partial charge in [0.05, 0.1) is 18.2 Å². The lowest BCUT2D eigenvalue weighted by Crippen LogP contribution is -1.97. The van der Waals surface area contributed by atoms with Crippen LogP contribution in [0.5, 0.6) is 11.5 Å². The topological polar surface area (TPSA) is 44.5 Å². The lowest BCUT2D eigenvalue weighted by molar-refractivity contribution is 0.297. The van der Waals surface area contributed by atoms with Crippen molar-refractivity contribution < 1.29 is 9.47 Å². The lowest BCUT2D eigenvalue weighted by atomic mass is 10.3. The molecule has 2 aromatic rings. The Balaban J connectivity index is 1.86. The summed E-state index contributed by atoms with van der Waals surface area (Å²) in [6, 6.07) is 11.5. The van der Waals surface area contributed by atoms with Gasteiger partial charge in [-0.1, -0.05) is 23.4 Å². The zero-order chi connectivity index (χ0) is 13.9. The molecule has 0 aliphatic carbocycles. The van der Waals surface area contributed by atoms with Gasteiger partial charge in [-0.15, -0.1) is 0 Å². The third-order valence-corrected chi connectivity index (χ3v) is 4.39. The number of halogens is 1. The summed E-state index contributed by atoms with van der Waals surface area (Å²) < 4.78 is 11.3. The zero-order valence-corrected chi connectivity index (χ0v) is 12.3. The molecule has 104 valence electrons. The van der Waals surface area contributed by atoms with Crippen LogP contribution in [-0.2, 0) is 0 Å². The second-order valence-electron chi connectivity index (χ2n) is 4.45. The Morgan fingerprint density at radius 3 is 2.60 bits per heavy atom. The summed E-state index contributed by atoms with van der Waals surface area (Å²) in [5, 5.41) is 0.655. The van der Waals surface area contributed by atoms with E-state index in [2.05, 4.69) is 0 Å². The van der Waals surface area contributed by atoms with Crippen molar-refractivity contribution >= 4 is 29.1 Å². The van der Waals surface area contributed by atoms with Crippen LogP contribution in [0.25, 0.3) is 0 Å². The summed E-state index contributed by atoms with van der Waals surface area (Å²) >= 11 is 7.77. The molecule has 2 aromatic carbocycles. The highest BCUT2D eigenvalue weighted by Crippen LogP contribution is 2.39. The minimum absolute atomic E-state index is 0.655. The van der Waals surface area contributed by atoms with E-state index in [0.717, 1.165) is 27.7 Å². The number of hydrogen-bond acceptors (Lipinski definition) is 4. The molecule has 1 heterocycles. The Morgan fingerprint density at radius 1 is 1.00 bits per heavy atom. The Hall–Kier alpha value is -1.52. The molecule has 0 atom stereocenters. The maximum atomic E-state index is 6.19. The molecule has 3 nitrogen and oxygen atoms in total. The summed E-state index contributed by atoms with van der Waals surface area (Å²) in [5.41, 5.74) is 6.36. The Bertz CT molecular complexity index is 633. The normalized spacial score (nSPS) is 13.8. The number of nitrogen functional groups attached to an aromatic ring is 1. The molecule has 0 saturated carbocycles. The fourth-order valence-electron chi connectivity index (χ4n) is 1.93. The van der Waals surface area contributed by atoms with Crippen LogP contribution in [0.3, 0.4) is 0 Å². The summed E-state index contributed by atoms with van der Waals surface area (Å²) in [5.74, 6) is 1.59. The van der Waals surface area contributed by atoms with Crippen LogP contribution in [0, 0.1) is 0 Å². The zero-order valence-electron chi connectivity index (χ0n) is 10.8. The number of benzene rings is 2. The van der Waals surface area contributed by atoms with Crippen LogP contribution < -0.4 is 15.2 Å². The average Bonchev–Trinajstić information content (AvgIpc) is 2.66. The molecule has 0 spiro atoms. The second-order valence-corrected chi connectivity index (χ2v) is 5.97. The van der Waals surface area contributed by atoms with Gasteiger partial charge in [0.2, 0.25) is 0 Å². The SMILES string of the molecule is Nc1ccc(Sc2ccc3c(c2)OCCCO3)c(Cl)c1. The van der Waals surface area contributed by atoms with Crippen molar-refractivity contribution in [2.75, 3.05) is 18.9 Å². The van der Waals surface area contributed by atoms with E-state index in [1.807, 2.05) is 30.3 Å². The van der Waals surface area contributed by atoms with Crippen LogP contribution in [0.2, 0.25) is 5.02 Å². The molecule has 0 amide bonds. The number of ether oxygens (including phenoxy) is 2. The lowest BCUT2D eigenvalue weighted by Gasteiger charge is -2.10. The van der Waals surface area contributed by atoms with Gasteiger partial charge in [0.25, 0.3) is 0 Å². The number of anilines is 1. The maximum absolute atomic E-state index is 6.19. The Labute approximate surface area is 127 Å². The molecule has 2 N–H and O–H groups in total. The van der Waals surface area contributed by atoms with Crippen molar-refractivity contribution in [1.29, 1.82) is 0 Å². The minimum Gasteiger partial charge on any atom is -0.490 e. The van der Waals surface area contributed by atoms with Crippen molar-refractivity contribution in [2.24, 2.45) is 0 Å². The van der Waals surface area contributed by atoms with Crippen molar-refractivity contribution in [2.45, 2.75) is 16.2 Å². The first-order valence-corrected chi connectivity index (χ1v) is 7.54. The maximum Gasteiger partial charge on any atom is 0.162 e. The third kappa shape index (κ3) is 2.97. The third-order valence-electron chi connectivity index (χ3n) is 2.90. The largest absolute Gasteiger partial charge is 0.490 e. The van der Waals surface area contributed by atoms with Gasteiger partial charge in [-0.25, -0.2) is 0 Å². The number of nitrogens with two attached hydrogens (primary N) is 1. The van der Waals surface area contributed by atoms with E-state index < -0.39 is 0 Å². The monoisotopic (exact) mass is 307 g/mol. The molecule has 0 bridgehead atoms. The highest BCUT2D eigenvalue weighted by molar-refractivity contribution is 7.99. The second kappa shape index (κ2) is 5.85. The van der Waals surface area contributed by atoms with Gasteiger partial charge in [0.1, 0.15) is 0 Å². The highest BCUT2D eigenvalue weighted by Gasteiger charge is 2.12. The van der Waals surface area contributed by atoms with Crippen molar-refractivity contribution in [3.05, 3.63) is 41.4 Å². The molecular weight excluding hydrogens is 294 g/mol. The Kier molecular flexibility index (Phi) is 3.94. The number of rotatable bonds is 2. The predicted molar refractivity (Wildman–Crippen MR) is 82.0 cm³/mol. The van der Waals surface area contributed by atoms with Gasteiger partial charge in [0, 0.05) is 21.9 Å². The summed E-state index contributed by atoms with van der Waals surface area (Å²) in [6.45, 7) is 1.38. The average molecular weight is 308 g/mol. The van der Waals surface area contributed by atoms with Gasteiger partial charge in [0.15, 0.2) is 11.5 Å². The molecule has 5 heteroatoms. The van der Waals surface area contributed by atoms with Crippen LogP contribution in [0.15, 0.2) is 46.2 Å². The number of fused-ring (bicyclic) bond motifs is 1. The molecule has 1 aliphatic heterocycles. The van der Waals surface area contributed by atoms with E-state index in [1.165, 1.54) is 0 Å². The first-order chi connectivity index (χ1) is 9.72. The molecule has 0 fully saturated rings. The fraction of sp³-hybridized carbons (Fsp3) is 0.200. The standard InChI is InChI=1S/C15H14ClNO2S/c16-12-8-10(17)2-5-15(12)20-11-3-4-13-14(9-11)19-7-1-6-18-13/h2-5,8-9H,1,6-7,17H2. The molecule has 0 aromatic heterocycles. The Morgan fingerprint density at radius 2 is 1.80 bits per heavy atom. The van der Waals surface area contributed by atoms with Crippen molar-refractivity contribution in [1.82, 2.24) is 0 Å². The predicted octanol–water partition coefficient (Wildman–Crippen LogP) is 4.23. The van der Waals surface area contributed by atoms with E-state index in [9.17, 15) is 0 Å². The van der Waals surface area contributed by atoms with Crippen molar-refractivity contribution in [3.8, 4) is 11.5 Å². The van der Waals surface area contributed by atoms with Gasteiger partial charge >= 0.3 is 0 Å². The quantitative estimate of drug-likeness (QED) is 0.843. The van der Waals surface area contributed by atoms with Crippen LogP contribution >= 0.6 is 23.4 Å². The molecule has 3 rings (SSSR count). The van der Waals surface area contributed by atoms with E-state index in [1.54, 1.807) is 17.8 Å². The van der Waals surface area contributed by atoms with E-state index >= 15 is 0 Å². The highest BCUT2D eigenvalue weighted by atomic mass is 35.5. The van der Waals surface area contributed by atoms with Crippen LogP contribution in [-0.4, -0.2) is 13.2 Å². The van der Waals surface area contributed by atoms with Gasteiger partial charge in [-0.3, -0.25) is 0 Å². The van der Waals surface area contributed by atoms with E-state index in [-0.39, 0.29) is 0 Å². The first kappa shape index (κ1) is 13.5. The summed E-state index contributed by atoms with van der Waals surface area (Å²) in [6.07, 6.45) is 0.904. The van der Waals surface area contributed by atoms with E-state index in [4.69, 9.17) is 26.8 Å². The molecule has 20 heavy (non-hydrogen) atoms. The van der Waals surface area contributed by atoms with Gasteiger partial charge in [-0.2, -0.15) is 0 Å². The van der Waals surface area contributed by atoms with Gasteiger partial charge < -0.3 is 15.2 Å². The van der Waals surface area contributed by atoms with E-state index in [0.29, 0.717) is 23.9 Å². The first-order valence-electron chi connectivity index (χ1n) is 6.35. The molecule has 1 aliphatic rings. The van der Waals surface area contributed by atoms with Gasteiger partial charge in [-0.05, 0) is 36.4 Å². The van der Waals surface area contributed by atoms with Crippen LogP contribution in [0.1, 0.15) is 6.42 Å². The minimum atomic E-state index is 0.655. The fourth-order valence-corrected chi connectivity index (χ4v) is 3.09. The molecule has 0 radical (unpaired) electrons. The molecule has 0 unspecified atom stereocenters. The van der Waals surface area contributed by atoms with Crippen molar-refractivity contribution in [3.63, 3.8) is 0 Å². The molecule has 0 saturated heterocycles. The number of hydrogen-bond donors (Lipinski definition) is 1. The smallest absolute Gasteiger partial charge is 0.162 e. The summed E-state index contributed by atoms with van der Waals surface area (Å²) in [7, 11) is 0.